The number of likely N-dealkylation sites (N-methyl/N-ethyl adjacent to an activating group) is 1. The van der Waals surface area contributed by atoms with Gasteiger partial charge in [0, 0.05) is 0 Å². The number of Topliss-reactive ketones (excluding diaryl/α,β-unsaturated/α-hetero) is 1. The number of carbonyl (C=O) groups is 2. The van der Waals surface area contributed by atoms with Crippen LogP contribution in [0.4, 0.5) is 0 Å². The molecule has 0 bridgehead atoms. The maximum atomic E-state index is 10.7. The summed E-state index contributed by atoms with van der Waals surface area (Å²) in [6.07, 6.45) is -0.168. The molecule has 2 N–H and O–H groups in total. The van der Waals surface area contributed by atoms with E-state index in [-0.39, 0.29) is 0 Å². The van der Waals surface area contributed by atoms with Gasteiger partial charge in [-0.25, -0.2) is 10.9 Å². The topological polar surface area (TPSA) is 61.4 Å². The summed E-state index contributed by atoms with van der Waals surface area (Å²) in [6.45, 7) is 0.574. The fraction of sp³-hybridized carbons (Fsp3) is 0.600. The zero-order chi connectivity index (χ0) is 7.56. The minimum Gasteiger partial charge on any atom is -0.294 e. The van der Waals surface area contributed by atoms with Gasteiger partial charge in [-0.1, -0.05) is 0 Å². The van der Waals surface area contributed by atoms with E-state index in [9.17, 15) is 9.59 Å². The van der Waals surface area contributed by atoms with Gasteiger partial charge in [-0.2, -0.15) is 0 Å². The van der Waals surface area contributed by atoms with Crippen LogP contribution < -0.4 is 10.9 Å². The molecule has 1 unspecified atom stereocenters. The van der Waals surface area contributed by atoms with E-state index in [0.717, 1.165) is 0 Å². The van der Waals surface area contributed by atoms with Gasteiger partial charge in [0.15, 0.2) is 6.29 Å². The molecule has 1 aliphatic heterocycles. The van der Waals surface area contributed by atoms with Crippen molar-refractivity contribution in [3.63, 3.8) is 0 Å². The van der Waals surface area contributed by atoms with Crippen molar-refractivity contribution in [2.24, 2.45) is 0 Å². The first-order chi connectivity index (χ1) is 4.75. The van der Waals surface area contributed by atoms with Gasteiger partial charge in [0.1, 0.15) is 6.17 Å². The van der Waals surface area contributed by atoms with E-state index >= 15 is 0 Å². The lowest BCUT2D eigenvalue weighted by Crippen LogP contribution is -2.42. The number of carbonyl (C=O) groups excluding carboxylic acids is 2. The Morgan fingerprint density at radius 1 is 1.80 bits per heavy atom. The zero-order valence-corrected chi connectivity index (χ0v) is 5.63. The molecule has 56 valence electrons. The Morgan fingerprint density at radius 2 is 2.50 bits per heavy atom. The highest BCUT2D eigenvalue weighted by Gasteiger charge is 2.25. The highest BCUT2D eigenvalue weighted by Crippen LogP contribution is 1.94. The summed E-state index contributed by atoms with van der Waals surface area (Å²) in [7, 11) is 1.75. The van der Waals surface area contributed by atoms with Crippen molar-refractivity contribution in [1.29, 1.82) is 0 Å². The summed E-state index contributed by atoms with van der Waals surface area (Å²) in [5, 5.41) is 0. The SMILES string of the molecule is CN1CNNC1C(=O)C=O. The van der Waals surface area contributed by atoms with Crippen LogP contribution in [0.15, 0.2) is 0 Å². The molecule has 0 saturated carbocycles. The monoisotopic (exact) mass is 143 g/mol. The second-order valence-corrected chi connectivity index (χ2v) is 2.16. The summed E-state index contributed by atoms with van der Waals surface area (Å²) in [6, 6.07) is 0. The van der Waals surface area contributed by atoms with Gasteiger partial charge in [0.2, 0.25) is 5.78 Å². The third-order valence-electron chi connectivity index (χ3n) is 1.39. The number of rotatable bonds is 2. The van der Waals surface area contributed by atoms with Gasteiger partial charge in [0.25, 0.3) is 0 Å². The Hall–Kier alpha value is -0.780. The Morgan fingerprint density at radius 3 is 2.90 bits per heavy atom. The molecular formula is C5H9N3O2. The molecule has 5 nitrogen and oxygen atoms in total. The molecule has 0 aromatic heterocycles. The van der Waals surface area contributed by atoms with Crippen LogP contribution in [0.25, 0.3) is 0 Å². The van der Waals surface area contributed by atoms with Gasteiger partial charge >= 0.3 is 0 Å². The van der Waals surface area contributed by atoms with Crippen LogP contribution in [0.5, 0.6) is 0 Å². The molecule has 10 heavy (non-hydrogen) atoms. The fourth-order valence-corrected chi connectivity index (χ4v) is 0.821. The van der Waals surface area contributed by atoms with Crippen molar-refractivity contribution in [1.82, 2.24) is 15.8 Å². The largest absolute Gasteiger partial charge is 0.294 e. The minimum atomic E-state index is -0.488. The normalized spacial score (nSPS) is 26.7. The number of nitrogens with zero attached hydrogens (tertiary/aromatic N) is 1. The second-order valence-electron chi connectivity index (χ2n) is 2.16. The average Bonchev–Trinajstić information content (AvgIpc) is 2.34. The molecule has 1 saturated heterocycles. The first-order valence-electron chi connectivity index (χ1n) is 2.93. The number of hydrogen-bond acceptors (Lipinski definition) is 5. The number of nitrogens with one attached hydrogen (secondary N) is 2. The fourth-order valence-electron chi connectivity index (χ4n) is 0.821. The average molecular weight is 143 g/mol. The van der Waals surface area contributed by atoms with E-state index < -0.39 is 11.9 Å². The summed E-state index contributed by atoms with van der Waals surface area (Å²) >= 11 is 0. The first-order valence-corrected chi connectivity index (χ1v) is 2.93. The second kappa shape index (κ2) is 2.87. The van der Waals surface area contributed by atoms with Crippen LogP contribution in [0.2, 0.25) is 0 Å². The predicted molar refractivity (Wildman–Crippen MR) is 33.8 cm³/mol. The number of aldehydes is 1. The number of ketones is 1. The van der Waals surface area contributed by atoms with E-state index in [1.807, 2.05) is 0 Å². The van der Waals surface area contributed by atoms with E-state index in [0.29, 0.717) is 13.0 Å². The van der Waals surface area contributed by atoms with Crippen LogP contribution >= 0.6 is 0 Å². The lowest BCUT2D eigenvalue weighted by atomic mass is 10.3. The summed E-state index contributed by atoms with van der Waals surface area (Å²) in [5.41, 5.74) is 5.39. The van der Waals surface area contributed by atoms with Crippen molar-refractivity contribution in [2.75, 3.05) is 13.7 Å². The molecule has 1 rings (SSSR count). The maximum absolute atomic E-state index is 10.7. The third kappa shape index (κ3) is 1.21. The van der Waals surface area contributed by atoms with Gasteiger partial charge < -0.3 is 0 Å². The first kappa shape index (κ1) is 7.33. The van der Waals surface area contributed by atoms with Gasteiger partial charge in [-0.15, -0.1) is 0 Å². The summed E-state index contributed by atoms with van der Waals surface area (Å²) in [4.78, 5) is 22.4. The van der Waals surface area contributed by atoms with Crippen molar-refractivity contribution in [3.8, 4) is 0 Å². The molecule has 5 heteroatoms. The van der Waals surface area contributed by atoms with Crippen molar-refractivity contribution in [2.45, 2.75) is 6.17 Å². The Balaban J connectivity index is 2.54. The third-order valence-corrected chi connectivity index (χ3v) is 1.39. The van der Waals surface area contributed by atoms with Crippen LogP contribution in [-0.4, -0.2) is 36.9 Å². The molecular weight excluding hydrogens is 134 g/mol. The van der Waals surface area contributed by atoms with Gasteiger partial charge in [-0.05, 0) is 7.05 Å². The standard InChI is InChI=1S/C5H9N3O2/c1-8-3-6-7-5(8)4(10)2-9/h2,5-7H,3H2,1H3. The lowest BCUT2D eigenvalue weighted by Gasteiger charge is -2.12. The Bertz CT molecular complexity index is 159. The van der Waals surface area contributed by atoms with Crippen LogP contribution in [0.3, 0.4) is 0 Å². The van der Waals surface area contributed by atoms with Crippen LogP contribution in [-0.2, 0) is 9.59 Å². The van der Waals surface area contributed by atoms with Gasteiger partial charge in [0.05, 0.1) is 6.67 Å². The maximum Gasteiger partial charge on any atom is 0.228 e. The molecule has 0 aromatic carbocycles. The van der Waals surface area contributed by atoms with Crippen LogP contribution in [0.1, 0.15) is 0 Å². The molecule has 0 radical (unpaired) electrons. The Labute approximate surface area is 58.3 Å². The Kier molecular flexibility index (Phi) is 2.10. The number of hydrazine groups is 1. The summed E-state index contributed by atoms with van der Waals surface area (Å²) < 4.78 is 0. The van der Waals surface area contributed by atoms with E-state index in [1.165, 1.54) is 0 Å². The summed E-state index contributed by atoms with van der Waals surface area (Å²) in [5.74, 6) is -0.451. The quantitative estimate of drug-likeness (QED) is 0.348. The highest BCUT2D eigenvalue weighted by molar-refractivity contribution is 6.27. The molecule has 1 heterocycles. The number of hydrogen-bond donors (Lipinski definition) is 2. The molecule has 1 aliphatic rings. The molecule has 1 atom stereocenters. The zero-order valence-electron chi connectivity index (χ0n) is 5.63. The molecule has 0 amide bonds. The minimum absolute atomic E-state index is 0.321. The van der Waals surface area contributed by atoms with E-state index in [1.54, 1.807) is 11.9 Å². The molecule has 1 fully saturated rings. The molecule has 0 spiro atoms. The van der Waals surface area contributed by atoms with Crippen molar-refractivity contribution in [3.05, 3.63) is 0 Å². The van der Waals surface area contributed by atoms with E-state index in [2.05, 4.69) is 10.9 Å². The van der Waals surface area contributed by atoms with E-state index in [4.69, 9.17) is 0 Å². The predicted octanol–water partition coefficient (Wildman–Crippen LogP) is -1.92. The van der Waals surface area contributed by atoms with Crippen LogP contribution in [0, 0.1) is 0 Å². The molecule has 0 aromatic rings. The molecule has 0 aliphatic carbocycles. The highest BCUT2D eigenvalue weighted by atomic mass is 16.2. The smallest absolute Gasteiger partial charge is 0.228 e. The lowest BCUT2D eigenvalue weighted by molar-refractivity contribution is -0.133. The van der Waals surface area contributed by atoms with Crippen molar-refractivity contribution < 1.29 is 9.59 Å². The van der Waals surface area contributed by atoms with Gasteiger partial charge in [-0.3, -0.25) is 14.5 Å². The van der Waals surface area contributed by atoms with Crippen molar-refractivity contribution >= 4 is 12.1 Å².